The van der Waals surface area contributed by atoms with E-state index in [4.69, 9.17) is 9.47 Å². The number of nitrogens with one attached hydrogen (secondary N) is 2. The van der Waals surface area contributed by atoms with Crippen LogP contribution in [0.4, 0.5) is 5.69 Å². The van der Waals surface area contributed by atoms with Gasteiger partial charge in [-0.2, -0.15) is 0 Å². The van der Waals surface area contributed by atoms with Gasteiger partial charge in [-0.1, -0.05) is 12.1 Å². The lowest BCUT2D eigenvalue weighted by atomic mass is 10.0. The Balaban J connectivity index is 2.02. The van der Waals surface area contributed by atoms with Crippen molar-refractivity contribution >= 4 is 17.5 Å². The molecule has 1 aromatic carbocycles. The molecule has 1 aromatic rings. The summed E-state index contributed by atoms with van der Waals surface area (Å²) in [4.78, 5) is 31.1. The number of rotatable bonds is 9. The lowest BCUT2D eigenvalue weighted by Gasteiger charge is -2.38. The van der Waals surface area contributed by atoms with Crippen LogP contribution in [-0.4, -0.2) is 103 Å². The standard InChI is InChI=1S/C21H35N5O4/c1-24(2)17-8-6-16(7-9-17)18(26-12-10-25(3)11-13-26)14-22-20(27)21(28)23-15-19(29-4)30-5/h6-9,18-19H,10-15H2,1-5H3,(H,22,27)(H,23,28)/t18-/m0/s1. The Hall–Kier alpha value is -2.20. The number of amides is 2. The summed E-state index contributed by atoms with van der Waals surface area (Å²) in [5.74, 6) is -1.36. The first-order valence-corrected chi connectivity index (χ1v) is 10.2. The van der Waals surface area contributed by atoms with Crippen LogP contribution < -0.4 is 15.5 Å². The molecule has 0 unspecified atom stereocenters. The number of piperazine rings is 1. The van der Waals surface area contributed by atoms with Gasteiger partial charge in [-0.15, -0.1) is 0 Å². The summed E-state index contributed by atoms with van der Waals surface area (Å²) in [5.41, 5.74) is 2.23. The Morgan fingerprint density at radius 3 is 2.00 bits per heavy atom. The van der Waals surface area contributed by atoms with Crippen LogP contribution in [-0.2, 0) is 19.1 Å². The van der Waals surface area contributed by atoms with E-state index in [1.54, 1.807) is 0 Å². The highest BCUT2D eigenvalue weighted by atomic mass is 16.7. The average molecular weight is 422 g/mol. The second-order valence-electron chi connectivity index (χ2n) is 7.66. The van der Waals surface area contributed by atoms with Gasteiger partial charge in [0, 0.05) is 66.7 Å². The van der Waals surface area contributed by atoms with Crippen LogP contribution in [0.3, 0.4) is 0 Å². The summed E-state index contributed by atoms with van der Waals surface area (Å²) in [5, 5.41) is 5.31. The molecule has 9 nitrogen and oxygen atoms in total. The number of ether oxygens (including phenoxy) is 2. The second kappa shape index (κ2) is 11.8. The van der Waals surface area contributed by atoms with Crippen LogP contribution in [0.2, 0.25) is 0 Å². The van der Waals surface area contributed by atoms with Gasteiger partial charge in [0.2, 0.25) is 0 Å². The summed E-state index contributed by atoms with van der Waals surface area (Å²) in [6.07, 6.45) is -0.588. The Morgan fingerprint density at radius 2 is 1.50 bits per heavy atom. The van der Waals surface area contributed by atoms with Crippen LogP contribution in [0, 0.1) is 0 Å². The Morgan fingerprint density at radius 1 is 0.967 bits per heavy atom. The predicted molar refractivity (Wildman–Crippen MR) is 116 cm³/mol. The van der Waals surface area contributed by atoms with Gasteiger partial charge >= 0.3 is 11.8 Å². The maximum absolute atomic E-state index is 12.3. The molecular formula is C21H35N5O4. The fraction of sp³-hybridized carbons (Fsp3) is 0.619. The minimum Gasteiger partial charge on any atom is -0.378 e. The molecule has 1 heterocycles. The van der Waals surface area contributed by atoms with E-state index in [1.807, 2.05) is 19.0 Å². The van der Waals surface area contributed by atoms with Gasteiger partial charge in [0.1, 0.15) is 0 Å². The molecule has 30 heavy (non-hydrogen) atoms. The van der Waals surface area contributed by atoms with E-state index in [1.165, 1.54) is 14.2 Å². The summed E-state index contributed by atoms with van der Waals surface area (Å²) < 4.78 is 10.0. The van der Waals surface area contributed by atoms with E-state index in [2.05, 4.69) is 51.7 Å². The quantitative estimate of drug-likeness (QED) is 0.425. The molecule has 1 saturated heterocycles. The molecule has 0 saturated carbocycles. The van der Waals surface area contributed by atoms with Crippen molar-refractivity contribution in [2.75, 3.05) is 79.5 Å². The molecular weight excluding hydrogens is 386 g/mol. The lowest BCUT2D eigenvalue weighted by molar-refractivity contribution is -0.141. The number of hydrogen-bond donors (Lipinski definition) is 2. The second-order valence-corrected chi connectivity index (χ2v) is 7.66. The SMILES string of the molecule is COC(CNC(=O)C(=O)NC[C@@H](c1ccc(N(C)C)cc1)N1CCN(C)CC1)OC. The van der Waals surface area contributed by atoms with Crippen LogP contribution in [0.1, 0.15) is 11.6 Å². The van der Waals surface area contributed by atoms with Crippen molar-refractivity contribution in [3.8, 4) is 0 Å². The van der Waals surface area contributed by atoms with Crippen LogP contribution in [0.5, 0.6) is 0 Å². The van der Waals surface area contributed by atoms with Crippen molar-refractivity contribution in [3.63, 3.8) is 0 Å². The number of likely N-dealkylation sites (N-methyl/N-ethyl adjacent to an activating group) is 1. The largest absolute Gasteiger partial charge is 0.378 e. The van der Waals surface area contributed by atoms with E-state index in [9.17, 15) is 9.59 Å². The first-order chi connectivity index (χ1) is 14.3. The lowest BCUT2D eigenvalue weighted by Crippen LogP contribution is -2.50. The Kier molecular flexibility index (Phi) is 9.51. The van der Waals surface area contributed by atoms with Crippen LogP contribution in [0.25, 0.3) is 0 Å². The van der Waals surface area contributed by atoms with Gasteiger partial charge in [0.25, 0.3) is 0 Å². The summed E-state index contributed by atoms with van der Waals surface area (Å²) >= 11 is 0. The number of methoxy groups -OCH3 is 2. The van der Waals surface area contributed by atoms with E-state index in [0.717, 1.165) is 37.4 Å². The predicted octanol–water partition coefficient (Wildman–Crippen LogP) is -0.108. The third-order valence-electron chi connectivity index (χ3n) is 5.39. The van der Waals surface area contributed by atoms with Gasteiger partial charge in [0.05, 0.1) is 12.6 Å². The molecule has 2 amide bonds. The van der Waals surface area contributed by atoms with Crippen molar-refractivity contribution in [2.45, 2.75) is 12.3 Å². The first-order valence-electron chi connectivity index (χ1n) is 10.2. The van der Waals surface area contributed by atoms with Crippen LogP contribution >= 0.6 is 0 Å². The van der Waals surface area contributed by atoms with Crippen LogP contribution in [0.15, 0.2) is 24.3 Å². The number of carbonyl (C=O) groups is 2. The molecule has 168 valence electrons. The molecule has 0 aromatic heterocycles. The average Bonchev–Trinajstić information content (AvgIpc) is 2.75. The minimum absolute atomic E-state index is 0.00244. The van der Waals surface area contributed by atoms with Crippen molar-refractivity contribution in [3.05, 3.63) is 29.8 Å². The highest BCUT2D eigenvalue weighted by Gasteiger charge is 2.25. The van der Waals surface area contributed by atoms with Gasteiger partial charge in [-0.05, 0) is 24.7 Å². The number of carbonyl (C=O) groups excluding carboxylic acids is 2. The highest BCUT2D eigenvalue weighted by Crippen LogP contribution is 2.24. The Bertz CT molecular complexity index is 670. The molecule has 0 bridgehead atoms. The van der Waals surface area contributed by atoms with E-state index in [-0.39, 0.29) is 12.6 Å². The smallest absolute Gasteiger partial charge is 0.309 e. The van der Waals surface area contributed by atoms with Crippen molar-refractivity contribution in [2.24, 2.45) is 0 Å². The topological polar surface area (TPSA) is 86.4 Å². The number of nitrogens with zero attached hydrogens (tertiary/aromatic N) is 3. The third kappa shape index (κ3) is 6.94. The molecule has 0 spiro atoms. The maximum Gasteiger partial charge on any atom is 0.309 e. The minimum atomic E-state index is -0.700. The van der Waals surface area contributed by atoms with Gasteiger partial charge in [0.15, 0.2) is 6.29 Å². The van der Waals surface area contributed by atoms with E-state index < -0.39 is 18.1 Å². The molecule has 1 fully saturated rings. The molecule has 1 atom stereocenters. The number of hydrogen-bond acceptors (Lipinski definition) is 7. The van der Waals surface area contributed by atoms with Crippen molar-refractivity contribution < 1.29 is 19.1 Å². The molecule has 1 aliphatic heterocycles. The first kappa shape index (κ1) is 24.1. The maximum atomic E-state index is 12.3. The fourth-order valence-electron chi connectivity index (χ4n) is 3.37. The molecule has 9 heteroatoms. The molecule has 2 N–H and O–H groups in total. The van der Waals surface area contributed by atoms with E-state index in [0.29, 0.717) is 6.54 Å². The monoisotopic (exact) mass is 421 g/mol. The Labute approximate surface area is 179 Å². The summed E-state index contributed by atoms with van der Waals surface area (Å²) in [7, 11) is 9.07. The highest BCUT2D eigenvalue weighted by molar-refractivity contribution is 6.35. The third-order valence-corrected chi connectivity index (χ3v) is 5.39. The van der Waals surface area contributed by atoms with Gasteiger partial charge in [-0.3, -0.25) is 14.5 Å². The number of anilines is 1. The zero-order valence-electron chi connectivity index (χ0n) is 18.7. The summed E-state index contributed by atoms with van der Waals surface area (Å²) in [6, 6.07) is 8.32. The molecule has 1 aliphatic rings. The van der Waals surface area contributed by atoms with Crippen molar-refractivity contribution in [1.82, 2.24) is 20.4 Å². The van der Waals surface area contributed by atoms with Crippen molar-refractivity contribution in [1.29, 1.82) is 0 Å². The van der Waals surface area contributed by atoms with Gasteiger partial charge in [-0.25, -0.2) is 0 Å². The summed E-state index contributed by atoms with van der Waals surface area (Å²) in [6.45, 7) is 4.21. The zero-order chi connectivity index (χ0) is 22.1. The fourth-order valence-corrected chi connectivity index (χ4v) is 3.37. The number of benzene rings is 1. The normalized spacial score (nSPS) is 16.3. The molecule has 0 radical (unpaired) electrons. The zero-order valence-corrected chi connectivity index (χ0v) is 18.7. The van der Waals surface area contributed by atoms with E-state index >= 15 is 0 Å². The molecule has 0 aliphatic carbocycles. The molecule has 2 rings (SSSR count). The van der Waals surface area contributed by atoms with Gasteiger partial charge < -0.3 is 29.9 Å².